The van der Waals surface area contributed by atoms with E-state index in [0.717, 1.165) is 17.5 Å². The molecule has 1 aromatic heterocycles. The van der Waals surface area contributed by atoms with E-state index in [2.05, 4.69) is 10.3 Å². The Balaban J connectivity index is 2.07. The maximum absolute atomic E-state index is 12.4. The highest BCUT2D eigenvalue weighted by molar-refractivity contribution is 5.83. The average Bonchev–Trinajstić information content (AvgIpc) is 2.50. The largest absolute Gasteiger partial charge is 0.349 e. The van der Waals surface area contributed by atoms with Gasteiger partial charge in [0.2, 0.25) is 5.91 Å². The minimum atomic E-state index is -0.102. The number of pyridine rings is 1. The average molecular weight is 268 g/mol. The summed E-state index contributed by atoms with van der Waals surface area (Å²) in [4.78, 5) is 16.5. The number of carbonyl (C=O) groups is 1. The highest BCUT2D eigenvalue weighted by atomic mass is 16.1. The van der Waals surface area contributed by atoms with Crippen molar-refractivity contribution in [2.24, 2.45) is 0 Å². The Hall–Kier alpha value is -2.16. The number of hydrogen-bond acceptors (Lipinski definition) is 2. The summed E-state index contributed by atoms with van der Waals surface area (Å²) in [5.41, 5.74) is 2.08. The van der Waals surface area contributed by atoms with E-state index in [-0.39, 0.29) is 17.9 Å². The smallest absolute Gasteiger partial charge is 0.228 e. The molecule has 2 rings (SSSR count). The van der Waals surface area contributed by atoms with Gasteiger partial charge >= 0.3 is 0 Å². The third-order valence-corrected chi connectivity index (χ3v) is 3.47. The number of carbonyl (C=O) groups excluding carboxylic acids is 1. The third-order valence-electron chi connectivity index (χ3n) is 3.47. The summed E-state index contributed by atoms with van der Waals surface area (Å²) in [7, 11) is 0. The highest BCUT2D eigenvalue weighted by Crippen LogP contribution is 2.21. The molecule has 0 radical (unpaired) electrons. The van der Waals surface area contributed by atoms with Crippen molar-refractivity contribution < 1.29 is 4.79 Å². The monoisotopic (exact) mass is 268 g/mol. The van der Waals surface area contributed by atoms with Crippen LogP contribution in [0.4, 0.5) is 0 Å². The second kappa shape index (κ2) is 6.85. The van der Waals surface area contributed by atoms with Gasteiger partial charge < -0.3 is 5.32 Å². The molecule has 20 heavy (non-hydrogen) atoms. The fourth-order valence-electron chi connectivity index (χ4n) is 2.29. The first-order chi connectivity index (χ1) is 9.72. The van der Waals surface area contributed by atoms with Crippen LogP contribution in [0.1, 0.15) is 43.4 Å². The van der Waals surface area contributed by atoms with E-state index >= 15 is 0 Å². The fraction of sp³-hybridized carbons (Fsp3) is 0.294. The Morgan fingerprint density at radius 2 is 1.85 bits per heavy atom. The van der Waals surface area contributed by atoms with Crippen LogP contribution in [0.3, 0.4) is 0 Å². The van der Waals surface area contributed by atoms with Crippen molar-refractivity contribution in [2.75, 3.05) is 0 Å². The van der Waals surface area contributed by atoms with E-state index in [1.54, 1.807) is 12.4 Å². The molecule has 1 heterocycles. The standard InChI is InChI=1S/C17H20N2O/c1-3-16(14-8-5-4-6-9-14)17(20)19-13(2)15-10-7-11-18-12-15/h4-13,16H,3H2,1-2H3,(H,19,20). The molecular formula is C17H20N2O. The van der Waals surface area contributed by atoms with Gasteiger partial charge in [0.25, 0.3) is 0 Å². The van der Waals surface area contributed by atoms with Crippen molar-refractivity contribution in [2.45, 2.75) is 32.2 Å². The van der Waals surface area contributed by atoms with E-state index in [1.807, 2.05) is 56.3 Å². The number of rotatable bonds is 5. The maximum atomic E-state index is 12.4. The van der Waals surface area contributed by atoms with Gasteiger partial charge in [0.15, 0.2) is 0 Å². The minimum absolute atomic E-state index is 0.0334. The zero-order chi connectivity index (χ0) is 14.4. The molecule has 2 atom stereocenters. The van der Waals surface area contributed by atoms with E-state index in [0.29, 0.717) is 0 Å². The molecular weight excluding hydrogens is 248 g/mol. The summed E-state index contributed by atoms with van der Waals surface area (Å²) < 4.78 is 0. The molecule has 2 aromatic rings. The molecule has 0 aliphatic rings. The third kappa shape index (κ3) is 3.44. The molecule has 1 aromatic carbocycles. The van der Waals surface area contributed by atoms with Gasteiger partial charge in [0.1, 0.15) is 0 Å². The molecule has 3 heteroatoms. The molecule has 0 aliphatic heterocycles. The maximum Gasteiger partial charge on any atom is 0.228 e. The summed E-state index contributed by atoms with van der Waals surface area (Å²) in [5.74, 6) is -0.0367. The van der Waals surface area contributed by atoms with E-state index in [4.69, 9.17) is 0 Å². The lowest BCUT2D eigenvalue weighted by Crippen LogP contribution is -2.31. The minimum Gasteiger partial charge on any atom is -0.349 e. The van der Waals surface area contributed by atoms with Gasteiger partial charge in [-0.2, -0.15) is 0 Å². The zero-order valence-corrected chi connectivity index (χ0v) is 11.9. The van der Waals surface area contributed by atoms with Gasteiger partial charge in [-0.25, -0.2) is 0 Å². The van der Waals surface area contributed by atoms with Gasteiger partial charge in [-0.1, -0.05) is 43.3 Å². The Bertz CT molecular complexity index is 539. The summed E-state index contributed by atoms with van der Waals surface area (Å²) >= 11 is 0. The molecule has 0 saturated heterocycles. The number of aromatic nitrogens is 1. The summed E-state index contributed by atoms with van der Waals surface area (Å²) in [5, 5.41) is 3.07. The van der Waals surface area contributed by atoms with Gasteiger partial charge in [-0.15, -0.1) is 0 Å². The van der Waals surface area contributed by atoms with Crippen LogP contribution in [0.15, 0.2) is 54.9 Å². The summed E-state index contributed by atoms with van der Waals surface area (Å²) in [6.07, 6.45) is 4.31. The lowest BCUT2D eigenvalue weighted by Gasteiger charge is -2.19. The molecule has 0 saturated carbocycles. The number of amides is 1. The molecule has 2 unspecified atom stereocenters. The number of nitrogens with zero attached hydrogens (tertiary/aromatic N) is 1. The SMILES string of the molecule is CCC(C(=O)NC(C)c1cccnc1)c1ccccc1. The molecule has 0 fully saturated rings. The molecule has 0 aliphatic carbocycles. The number of hydrogen-bond donors (Lipinski definition) is 1. The first-order valence-corrected chi connectivity index (χ1v) is 6.97. The number of nitrogens with one attached hydrogen (secondary N) is 1. The van der Waals surface area contributed by atoms with Crippen molar-refractivity contribution in [3.63, 3.8) is 0 Å². The van der Waals surface area contributed by atoms with E-state index < -0.39 is 0 Å². The summed E-state index contributed by atoms with van der Waals surface area (Å²) in [6.45, 7) is 4.01. The van der Waals surface area contributed by atoms with Crippen LogP contribution in [0, 0.1) is 0 Å². The van der Waals surface area contributed by atoms with Crippen molar-refractivity contribution in [3.05, 3.63) is 66.0 Å². The van der Waals surface area contributed by atoms with Gasteiger partial charge in [-0.3, -0.25) is 9.78 Å². The Morgan fingerprint density at radius 3 is 2.45 bits per heavy atom. The lowest BCUT2D eigenvalue weighted by molar-refractivity contribution is -0.123. The van der Waals surface area contributed by atoms with Crippen LogP contribution >= 0.6 is 0 Å². The molecule has 0 spiro atoms. The predicted molar refractivity (Wildman–Crippen MR) is 80.3 cm³/mol. The van der Waals surface area contributed by atoms with Crippen LogP contribution in [-0.4, -0.2) is 10.9 Å². The molecule has 3 nitrogen and oxygen atoms in total. The first kappa shape index (κ1) is 14.3. The Labute approximate surface area is 120 Å². The normalized spacial score (nSPS) is 13.5. The van der Waals surface area contributed by atoms with Crippen molar-refractivity contribution in [3.8, 4) is 0 Å². The van der Waals surface area contributed by atoms with Gasteiger partial charge in [0, 0.05) is 12.4 Å². The first-order valence-electron chi connectivity index (χ1n) is 6.97. The topological polar surface area (TPSA) is 42.0 Å². The second-order valence-corrected chi connectivity index (χ2v) is 4.89. The quantitative estimate of drug-likeness (QED) is 0.902. The molecule has 1 amide bonds. The molecule has 1 N–H and O–H groups in total. The van der Waals surface area contributed by atoms with Gasteiger partial charge in [-0.05, 0) is 30.5 Å². The van der Waals surface area contributed by atoms with Crippen LogP contribution < -0.4 is 5.32 Å². The van der Waals surface area contributed by atoms with E-state index in [9.17, 15) is 4.79 Å². The molecule has 104 valence electrons. The zero-order valence-electron chi connectivity index (χ0n) is 11.9. The summed E-state index contributed by atoms with van der Waals surface area (Å²) in [6, 6.07) is 13.7. The predicted octanol–water partition coefficient (Wildman–Crippen LogP) is 3.45. The Morgan fingerprint density at radius 1 is 1.15 bits per heavy atom. The fourth-order valence-corrected chi connectivity index (χ4v) is 2.29. The second-order valence-electron chi connectivity index (χ2n) is 4.89. The van der Waals surface area contributed by atoms with Crippen LogP contribution in [0.5, 0.6) is 0 Å². The van der Waals surface area contributed by atoms with Crippen molar-refractivity contribution in [1.82, 2.24) is 10.3 Å². The van der Waals surface area contributed by atoms with Crippen LogP contribution in [-0.2, 0) is 4.79 Å². The molecule has 0 bridgehead atoms. The highest BCUT2D eigenvalue weighted by Gasteiger charge is 2.20. The Kier molecular flexibility index (Phi) is 4.88. The lowest BCUT2D eigenvalue weighted by atomic mass is 9.95. The van der Waals surface area contributed by atoms with Gasteiger partial charge in [0.05, 0.1) is 12.0 Å². The van der Waals surface area contributed by atoms with Crippen molar-refractivity contribution >= 4 is 5.91 Å². The van der Waals surface area contributed by atoms with Crippen LogP contribution in [0.2, 0.25) is 0 Å². The number of benzene rings is 1. The van der Waals surface area contributed by atoms with Crippen molar-refractivity contribution in [1.29, 1.82) is 0 Å². The van der Waals surface area contributed by atoms with E-state index in [1.165, 1.54) is 0 Å². The van der Waals surface area contributed by atoms with Crippen LogP contribution in [0.25, 0.3) is 0 Å².